The van der Waals surface area contributed by atoms with Crippen molar-refractivity contribution in [3.05, 3.63) is 71.3 Å². The van der Waals surface area contributed by atoms with Gasteiger partial charge < -0.3 is 15.1 Å². The van der Waals surface area contributed by atoms with Gasteiger partial charge >= 0.3 is 12.1 Å². The van der Waals surface area contributed by atoms with Crippen LogP contribution in [-0.4, -0.2) is 57.8 Å². The Bertz CT molecular complexity index is 981. The Labute approximate surface area is 197 Å². The van der Waals surface area contributed by atoms with E-state index >= 15 is 0 Å². The number of nitrogens with zero attached hydrogens (tertiary/aromatic N) is 2. The lowest BCUT2D eigenvalue weighted by Gasteiger charge is -2.44. The lowest BCUT2D eigenvalue weighted by Crippen LogP contribution is -2.51. The van der Waals surface area contributed by atoms with Gasteiger partial charge in [-0.25, -0.2) is 0 Å². The Hall–Kier alpha value is -2.42. The van der Waals surface area contributed by atoms with E-state index in [1.807, 2.05) is 29.2 Å². The third-order valence-electron chi connectivity index (χ3n) is 7.16. The van der Waals surface area contributed by atoms with Gasteiger partial charge in [-0.15, -0.1) is 0 Å². The number of aliphatic hydroxyl groups excluding tert-OH is 1. The highest BCUT2D eigenvalue weighted by Gasteiger charge is 2.49. The SMILES string of the molecule is O=C(N(CCCN1Cc2ccccc2[C@](O)(C2CCC2)[C@@H](O)C1)Cc1ccccc1)C(F)(F)F. The largest absolute Gasteiger partial charge is 0.471 e. The Morgan fingerprint density at radius 2 is 1.76 bits per heavy atom. The van der Waals surface area contributed by atoms with Crippen LogP contribution in [0.15, 0.2) is 54.6 Å². The summed E-state index contributed by atoms with van der Waals surface area (Å²) < 4.78 is 39.6. The molecule has 2 N–H and O–H groups in total. The fourth-order valence-electron chi connectivity index (χ4n) is 5.15. The van der Waals surface area contributed by atoms with Crippen molar-refractivity contribution in [3.8, 4) is 0 Å². The van der Waals surface area contributed by atoms with Crippen LogP contribution in [0.4, 0.5) is 13.2 Å². The summed E-state index contributed by atoms with van der Waals surface area (Å²) in [6.07, 6.45) is -2.89. The Morgan fingerprint density at radius 3 is 2.41 bits per heavy atom. The van der Waals surface area contributed by atoms with Gasteiger partial charge in [0.1, 0.15) is 5.60 Å². The molecule has 1 fully saturated rings. The molecule has 0 bridgehead atoms. The third-order valence-corrected chi connectivity index (χ3v) is 7.16. The number of benzene rings is 2. The highest BCUT2D eigenvalue weighted by molar-refractivity contribution is 5.81. The molecule has 0 aromatic heterocycles. The first-order valence-electron chi connectivity index (χ1n) is 11.8. The maximum Gasteiger partial charge on any atom is 0.471 e. The number of carbonyl (C=O) groups is 1. The third kappa shape index (κ3) is 5.14. The molecule has 1 heterocycles. The lowest BCUT2D eigenvalue weighted by atomic mass is 9.66. The van der Waals surface area contributed by atoms with Crippen LogP contribution in [0.3, 0.4) is 0 Å². The fourth-order valence-corrected chi connectivity index (χ4v) is 5.15. The van der Waals surface area contributed by atoms with Gasteiger partial charge in [0, 0.05) is 32.7 Å². The number of hydrogen-bond acceptors (Lipinski definition) is 4. The van der Waals surface area contributed by atoms with E-state index in [1.165, 1.54) is 0 Å². The van der Waals surface area contributed by atoms with Crippen molar-refractivity contribution >= 4 is 5.91 Å². The first-order valence-corrected chi connectivity index (χ1v) is 11.8. The predicted octanol–water partition coefficient (Wildman–Crippen LogP) is 3.83. The highest BCUT2D eigenvalue weighted by Crippen LogP contribution is 2.47. The fraction of sp³-hybridized carbons (Fsp3) is 0.500. The number of fused-ring (bicyclic) bond motifs is 1. The molecule has 4 rings (SSSR count). The summed E-state index contributed by atoms with van der Waals surface area (Å²) in [6.45, 7) is 0.908. The second-order valence-electron chi connectivity index (χ2n) is 9.42. The minimum Gasteiger partial charge on any atom is -0.388 e. The summed E-state index contributed by atoms with van der Waals surface area (Å²) in [5.74, 6) is -1.86. The summed E-state index contributed by atoms with van der Waals surface area (Å²) in [5.41, 5.74) is 0.966. The number of halogens is 3. The molecular formula is C26H31F3N2O3. The lowest BCUT2D eigenvalue weighted by molar-refractivity contribution is -0.186. The molecule has 0 radical (unpaired) electrons. The van der Waals surface area contributed by atoms with Gasteiger partial charge in [0.2, 0.25) is 0 Å². The molecule has 2 aromatic carbocycles. The second-order valence-corrected chi connectivity index (χ2v) is 9.42. The van der Waals surface area contributed by atoms with Crippen molar-refractivity contribution < 1.29 is 28.2 Å². The Kier molecular flexibility index (Phi) is 7.31. The van der Waals surface area contributed by atoms with E-state index in [-0.39, 0.29) is 25.6 Å². The monoisotopic (exact) mass is 476 g/mol. The van der Waals surface area contributed by atoms with E-state index in [0.29, 0.717) is 25.1 Å². The number of alkyl halides is 3. The van der Waals surface area contributed by atoms with E-state index in [2.05, 4.69) is 0 Å². The zero-order valence-electron chi connectivity index (χ0n) is 19.0. The van der Waals surface area contributed by atoms with E-state index in [9.17, 15) is 28.2 Å². The molecule has 2 aliphatic rings. The minimum atomic E-state index is -4.94. The molecule has 2 atom stereocenters. The number of carbonyl (C=O) groups excluding carboxylic acids is 1. The van der Waals surface area contributed by atoms with E-state index in [0.717, 1.165) is 35.3 Å². The van der Waals surface area contributed by atoms with Crippen molar-refractivity contribution in [2.75, 3.05) is 19.6 Å². The van der Waals surface area contributed by atoms with Gasteiger partial charge in [-0.05, 0) is 41.9 Å². The first kappa shape index (κ1) is 24.7. The average molecular weight is 477 g/mol. The molecule has 0 spiro atoms. The average Bonchev–Trinajstić information content (AvgIpc) is 2.86. The molecular weight excluding hydrogens is 445 g/mol. The first-order chi connectivity index (χ1) is 16.2. The summed E-state index contributed by atoms with van der Waals surface area (Å²) in [6, 6.07) is 16.2. The number of β-amino-alcohol motifs (C(OH)–C–C–N with tert-alkyl or cyclic N) is 1. The number of hydrogen-bond donors (Lipinski definition) is 2. The van der Waals surface area contributed by atoms with Crippen LogP contribution in [0.1, 0.15) is 42.4 Å². The molecule has 8 heteroatoms. The smallest absolute Gasteiger partial charge is 0.388 e. The minimum absolute atomic E-state index is 0.00521. The van der Waals surface area contributed by atoms with Crippen molar-refractivity contribution in [2.24, 2.45) is 5.92 Å². The van der Waals surface area contributed by atoms with Crippen LogP contribution in [0, 0.1) is 5.92 Å². The molecule has 1 aliphatic carbocycles. The number of rotatable bonds is 7. The Morgan fingerprint density at radius 1 is 1.09 bits per heavy atom. The van der Waals surface area contributed by atoms with Crippen molar-refractivity contribution in [3.63, 3.8) is 0 Å². The maximum absolute atomic E-state index is 13.2. The van der Waals surface area contributed by atoms with E-state index in [4.69, 9.17) is 0 Å². The normalized spacial score (nSPS) is 23.6. The second kappa shape index (κ2) is 10.1. The topological polar surface area (TPSA) is 64.0 Å². The number of aliphatic hydroxyl groups is 2. The van der Waals surface area contributed by atoms with E-state index < -0.39 is 23.8 Å². The molecule has 1 aliphatic heterocycles. The van der Waals surface area contributed by atoms with Crippen LogP contribution in [-0.2, 0) is 23.5 Å². The van der Waals surface area contributed by atoms with Gasteiger partial charge in [0.25, 0.3) is 0 Å². The van der Waals surface area contributed by atoms with Gasteiger partial charge in [-0.2, -0.15) is 13.2 Å². The van der Waals surface area contributed by atoms with Crippen molar-refractivity contribution in [1.29, 1.82) is 0 Å². The zero-order valence-corrected chi connectivity index (χ0v) is 19.0. The van der Waals surface area contributed by atoms with Crippen LogP contribution in [0.2, 0.25) is 0 Å². The summed E-state index contributed by atoms with van der Waals surface area (Å²) in [5, 5.41) is 22.6. The Balaban J connectivity index is 1.45. The quantitative estimate of drug-likeness (QED) is 0.638. The molecule has 1 amide bonds. The summed E-state index contributed by atoms with van der Waals surface area (Å²) in [7, 11) is 0. The van der Waals surface area contributed by atoms with Crippen molar-refractivity contribution in [2.45, 2.75) is 56.7 Å². The zero-order chi connectivity index (χ0) is 24.3. The molecule has 34 heavy (non-hydrogen) atoms. The maximum atomic E-state index is 13.2. The predicted molar refractivity (Wildman–Crippen MR) is 121 cm³/mol. The molecule has 0 saturated heterocycles. The van der Waals surface area contributed by atoms with Crippen LogP contribution < -0.4 is 0 Å². The molecule has 5 nitrogen and oxygen atoms in total. The standard InChI is InChI=1S/C26H31F3N2O3/c27-26(28,29)24(33)31(16-19-8-2-1-3-9-19)15-7-14-30-17-20-10-4-5-13-22(20)25(34,23(32)18-30)21-11-6-12-21/h1-5,8-10,13,21,23,32,34H,6-7,11-12,14-18H2/t23-,25+/m0/s1. The summed E-state index contributed by atoms with van der Waals surface area (Å²) >= 11 is 0. The molecule has 1 saturated carbocycles. The summed E-state index contributed by atoms with van der Waals surface area (Å²) in [4.78, 5) is 14.8. The van der Waals surface area contributed by atoms with Gasteiger partial charge in [0.15, 0.2) is 0 Å². The molecule has 184 valence electrons. The van der Waals surface area contributed by atoms with Gasteiger partial charge in [0.05, 0.1) is 6.10 Å². The van der Waals surface area contributed by atoms with Crippen LogP contribution in [0.5, 0.6) is 0 Å². The van der Waals surface area contributed by atoms with Crippen LogP contribution >= 0.6 is 0 Å². The number of amides is 1. The van der Waals surface area contributed by atoms with Gasteiger partial charge in [-0.1, -0.05) is 61.0 Å². The van der Waals surface area contributed by atoms with Gasteiger partial charge in [-0.3, -0.25) is 9.69 Å². The van der Waals surface area contributed by atoms with E-state index in [1.54, 1.807) is 30.3 Å². The highest BCUT2D eigenvalue weighted by atomic mass is 19.4. The van der Waals surface area contributed by atoms with Crippen LogP contribution in [0.25, 0.3) is 0 Å². The molecule has 0 unspecified atom stereocenters. The molecule has 2 aromatic rings. The van der Waals surface area contributed by atoms with Crippen molar-refractivity contribution in [1.82, 2.24) is 9.80 Å².